The number of carbonyl (C=O) groups excluding carboxylic acids is 4. The number of rotatable bonds is 9. The first-order chi connectivity index (χ1) is 12.4. The lowest BCUT2D eigenvalue weighted by Crippen LogP contribution is -2.44. The van der Waals surface area contributed by atoms with Gasteiger partial charge in [0.05, 0.1) is 11.5 Å². The van der Waals surface area contributed by atoms with Crippen LogP contribution in [0, 0.1) is 5.41 Å². The Kier molecular flexibility index (Phi) is 10.0. The molecule has 152 valence electrons. The summed E-state index contributed by atoms with van der Waals surface area (Å²) in [5, 5.41) is 2.32. The van der Waals surface area contributed by atoms with Crippen molar-refractivity contribution in [3.8, 4) is 0 Å². The number of nitrogens with one attached hydrogen (secondary N) is 1. The van der Waals surface area contributed by atoms with Gasteiger partial charge in [-0.1, -0.05) is 0 Å². The van der Waals surface area contributed by atoms with E-state index in [0.29, 0.717) is 0 Å². The molecule has 0 aromatic carbocycles. The molecule has 0 aliphatic heterocycles. The van der Waals surface area contributed by atoms with Gasteiger partial charge in [0.1, 0.15) is 6.04 Å². The minimum absolute atomic E-state index is 0.0122. The molecule has 0 aromatic heterocycles. The average molecular weight is 385 g/mol. The fourth-order valence-electron chi connectivity index (χ4n) is 1.69. The largest absolute Gasteiger partial charge is 0.461 e. The third-order valence-corrected chi connectivity index (χ3v) is 3.00. The van der Waals surface area contributed by atoms with E-state index in [4.69, 9.17) is 14.2 Å². The van der Waals surface area contributed by atoms with Gasteiger partial charge in [0.15, 0.2) is 0 Å². The quantitative estimate of drug-likeness (QED) is 0.273. The summed E-state index contributed by atoms with van der Waals surface area (Å²) in [7, 11) is 0. The second kappa shape index (κ2) is 11.1. The van der Waals surface area contributed by atoms with Crippen molar-refractivity contribution in [2.45, 2.75) is 72.8 Å². The van der Waals surface area contributed by atoms with Crippen LogP contribution in [0.4, 0.5) is 4.79 Å². The Labute approximate surface area is 159 Å². The number of alkyl carbamates (subject to hydrolysis) is 1. The maximum absolute atomic E-state index is 12.1. The molecule has 0 aliphatic rings. The molecule has 1 amide bonds. The van der Waals surface area contributed by atoms with Crippen LogP contribution in [0.25, 0.3) is 0 Å². The van der Waals surface area contributed by atoms with E-state index in [2.05, 4.69) is 16.7 Å². The van der Waals surface area contributed by atoms with Crippen molar-refractivity contribution >= 4 is 36.7 Å². The topological polar surface area (TPSA) is 122 Å². The molecule has 0 saturated heterocycles. The van der Waals surface area contributed by atoms with Gasteiger partial charge in [0.25, 0.3) is 6.72 Å². The summed E-state index contributed by atoms with van der Waals surface area (Å²) in [6, 6.07) is -1.10. The van der Waals surface area contributed by atoms with Gasteiger partial charge in [0.2, 0.25) is 12.1 Å². The van der Waals surface area contributed by atoms with Crippen molar-refractivity contribution in [1.82, 2.24) is 9.98 Å². The monoisotopic (exact) mass is 385 g/mol. The Morgan fingerprint density at radius 3 is 2.15 bits per heavy atom. The molecule has 0 heterocycles. The number of hydrogen-bond donors (Lipinski definition) is 1. The van der Waals surface area contributed by atoms with Crippen LogP contribution in [0.15, 0.2) is 0 Å². The van der Waals surface area contributed by atoms with Crippen molar-refractivity contribution in [1.29, 1.82) is 0 Å². The molecule has 0 radical (unpaired) electrons. The first-order valence-corrected chi connectivity index (χ1v) is 8.57. The van der Waals surface area contributed by atoms with E-state index in [9.17, 15) is 19.2 Å². The molecule has 0 bridgehead atoms. The van der Waals surface area contributed by atoms with Crippen LogP contribution in [0.5, 0.6) is 0 Å². The SMILES string of the molecule is C=[N+]=CC(=O)CC[C@H](NC(=O)O[C@H](C)OC(=O)C(C)(C)C)C(=O)OC(C)C. The Bertz CT molecular complexity index is 601. The summed E-state index contributed by atoms with van der Waals surface area (Å²) < 4.78 is 18.4. The van der Waals surface area contributed by atoms with Gasteiger partial charge in [-0.15, -0.1) is 4.67 Å². The number of amides is 1. The molecule has 9 nitrogen and oxygen atoms in total. The molecule has 0 spiro atoms. The zero-order valence-corrected chi connectivity index (χ0v) is 16.7. The van der Waals surface area contributed by atoms with Gasteiger partial charge in [-0.2, -0.15) is 0 Å². The zero-order valence-electron chi connectivity index (χ0n) is 16.7. The van der Waals surface area contributed by atoms with Crippen molar-refractivity contribution in [2.24, 2.45) is 5.41 Å². The lowest BCUT2D eigenvalue weighted by molar-refractivity contribution is -0.174. The minimum atomic E-state index is -1.15. The normalized spacial score (nSPS) is 13.0. The number of Topliss-reactive ketones (excluding diaryl/α,β-unsaturated/α-hetero) is 1. The molecule has 0 rings (SSSR count). The van der Waals surface area contributed by atoms with Gasteiger partial charge < -0.3 is 19.5 Å². The van der Waals surface area contributed by atoms with E-state index in [0.717, 1.165) is 6.21 Å². The summed E-state index contributed by atoms with van der Waals surface area (Å²) in [5.41, 5.74) is -0.756. The highest BCUT2D eigenvalue weighted by molar-refractivity contribution is 6.27. The third-order valence-electron chi connectivity index (χ3n) is 3.00. The van der Waals surface area contributed by atoms with Crippen LogP contribution in [-0.2, 0) is 28.6 Å². The highest BCUT2D eigenvalue weighted by atomic mass is 16.7. The number of nitrogens with zero attached hydrogens (tertiary/aromatic N) is 1. The second-order valence-corrected chi connectivity index (χ2v) is 7.13. The molecule has 1 N–H and O–H groups in total. The van der Waals surface area contributed by atoms with E-state index < -0.39 is 41.9 Å². The maximum Gasteiger partial charge on any atom is 0.410 e. The van der Waals surface area contributed by atoms with Crippen LogP contribution >= 0.6 is 0 Å². The van der Waals surface area contributed by atoms with Crippen molar-refractivity contribution in [3.63, 3.8) is 0 Å². The third kappa shape index (κ3) is 10.8. The van der Waals surface area contributed by atoms with Crippen molar-refractivity contribution in [2.75, 3.05) is 0 Å². The number of hydrogen-bond acceptors (Lipinski definition) is 7. The summed E-state index contributed by atoms with van der Waals surface area (Å²) in [6.45, 7) is 12.8. The van der Waals surface area contributed by atoms with Gasteiger partial charge in [-0.05, 0) is 41.0 Å². The van der Waals surface area contributed by atoms with E-state index >= 15 is 0 Å². The van der Waals surface area contributed by atoms with E-state index in [1.807, 2.05) is 0 Å². The molecule has 2 atom stereocenters. The highest BCUT2D eigenvalue weighted by Crippen LogP contribution is 2.16. The predicted octanol–water partition coefficient (Wildman–Crippen LogP) is 1.16. The first kappa shape index (κ1) is 24.3. The summed E-state index contributed by atoms with van der Waals surface area (Å²) in [4.78, 5) is 47.4. The Balaban J connectivity index is 4.85. The van der Waals surface area contributed by atoms with Crippen molar-refractivity contribution < 1.29 is 33.4 Å². The fourth-order valence-corrected chi connectivity index (χ4v) is 1.69. The predicted molar refractivity (Wildman–Crippen MR) is 99.2 cm³/mol. The van der Waals surface area contributed by atoms with E-state index in [-0.39, 0.29) is 18.6 Å². The smallest absolute Gasteiger partial charge is 0.410 e. The standard InChI is InChI=1S/C18H28N2O7/c1-11(2)25-15(22)14(9-8-13(21)10-19-7)20-17(24)27-12(3)26-16(23)18(4,5)6/h10-12,14H,7-9H2,1-6H3/p+1/t12-,14+/m1/s1. The minimum Gasteiger partial charge on any atom is -0.461 e. The molecule has 0 saturated carbocycles. The van der Waals surface area contributed by atoms with E-state index in [1.54, 1.807) is 34.6 Å². The summed E-state index contributed by atoms with van der Waals surface area (Å²) in [6.07, 6.45) is -1.57. The second-order valence-electron chi connectivity index (χ2n) is 7.13. The fraction of sp³-hybridized carbons (Fsp3) is 0.667. The van der Waals surface area contributed by atoms with Gasteiger partial charge in [-0.25, -0.2) is 9.59 Å². The summed E-state index contributed by atoms with van der Waals surface area (Å²) >= 11 is 0. The number of carbonyl (C=O) groups is 4. The van der Waals surface area contributed by atoms with Gasteiger partial charge >= 0.3 is 24.2 Å². The van der Waals surface area contributed by atoms with Crippen LogP contribution in [0.2, 0.25) is 0 Å². The average Bonchev–Trinajstić information content (AvgIpc) is 2.49. The Hall–Kier alpha value is -2.67. The molecule has 0 fully saturated rings. The molecular formula is C18H29N2O7+. The van der Waals surface area contributed by atoms with Crippen molar-refractivity contribution in [3.05, 3.63) is 0 Å². The van der Waals surface area contributed by atoms with Crippen LogP contribution < -0.4 is 9.98 Å². The van der Waals surface area contributed by atoms with Crippen LogP contribution in [0.3, 0.4) is 0 Å². The lowest BCUT2D eigenvalue weighted by atomic mass is 9.97. The Morgan fingerprint density at radius 2 is 1.67 bits per heavy atom. The summed E-state index contributed by atoms with van der Waals surface area (Å²) in [5.74, 6) is -1.60. The maximum atomic E-state index is 12.1. The number of esters is 2. The van der Waals surface area contributed by atoms with Crippen LogP contribution in [0.1, 0.15) is 54.4 Å². The highest BCUT2D eigenvalue weighted by Gasteiger charge is 2.28. The number of ether oxygens (including phenoxy) is 3. The van der Waals surface area contributed by atoms with Crippen LogP contribution in [-0.4, -0.2) is 55.2 Å². The van der Waals surface area contributed by atoms with Gasteiger partial charge in [-0.3, -0.25) is 9.59 Å². The zero-order chi connectivity index (χ0) is 21.2. The number of ketones is 1. The van der Waals surface area contributed by atoms with Gasteiger partial charge in [0, 0.05) is 13.3 Å². The lowest BCUT2D eigenvalue weighted by Gasteiger charge is -2.22. The molecule has 0 unspecified atom stereocenters. The molecular weight excluding hydrogens is 356 g/mol. The molecule has 9 heteroatoms. The first-order valence-electron chi connectivity index (χ1n) is 8.57. The molecule has 0 aromatic rings. The Morgan fingerprint density at radius 1 is 1.07 bits per heavy atom. The molecule has 0 aliphatic carbocycles. The molecule has 27 heavy (non-hydrogen) atoms. The van der Waals surface area contributed by atoms with E-state index in [1.165, 1.54) is 6.92 Å².